The number of carbonyl (C=O) groups excluding carboxylic acids is 1. The molecule has 242 valence electrons. The fraction of sp³-hybridized carbons (Fsp3) is 0.520. The number of thiazole rings is 1. The first-order chi connectivity index (χ1) is 20.2. The number of benzene rings is 1. The highest BCUT2D eigenvalue weighted by atomic mass is 35.5. The van der Waals surface area contributed by atoms with Gasteiger partial charge in [-0.3, -0.25) is 4.79 Å². The van der Waals surface area contributed by atoms with Crippen LogP contribution in [0.3, 0.4) is 0 Å². The van der Waals surface area contributed by atoms with Gasteiger partial charge in [0.25, 0.3) is 11.8 Å². The highest BCUT2D eigenvalue weighted by molar-refractivity contribution is 7.89. The van der Waals surface area contributed by atoms with Gasteiger partial charge in [0.1, 0.15) is 22.2 Å². The molecule has 1 atom stereocenters. The maximum atomic E-state index is 15.5. The standard InChI is InChI=1S/C25H26ClF6N5O5S2/c1-4-14(25(30,31)32)36-44(40,41)13-7-6-12(15(26)16(13)27)18-17(21(38)37-10-5-8-24(28,29)9-11-37)33-20(43-18)19-34-35-22(42-19)23(2,3)39/h6-7,14,36,39H,4-5,8-11H2,1-3H3/t14-/m0/s1. The zero-order valence-corrected chi connectivity index (χ0v) is 25.7. The Labute approximate surface area is 256 Å². The summed E-state index contributed by atoms with van der Waals surface area (Å²) < 4.78 is 115. The molecule has 0 saturated carbocycles. The Morgan fingerprint density at radius 3 is 2.50 bits per heavy atom. The molecule has 0 aliphatic carbocycles. The first kappa shape index (κ1) is 34.1. The van der Waals surface area contributed by atoms with Crippen LogP contribution in [0.15, 0.2) is 21.4 Å². The number of aliphatic hydroxyl groups is 1. The summed E-state index contributed by atoms with van der Waals surface area (Å²) in [5.41, 5.74) is -2.19. The number of nitrogens with one attached hydrogen (secondary N) is 1. The Morgan fingerprint density at radius 1 is 1.23 bits per heavy atom. The van der Waals surface area contributed by atoms with Crippen molar-refractivity contribution in [3.05, 3.63) is 34.6 Å². The summed E-state index contributed by atoms with van der Waals surface area (Å²) in [5, 5.41) is 16.8. The number of aromatic nitrogens is 3. The van der Waals surface area contributed by atoms with Crippen LogP contribution in [0, 0.1) is 5.82 Å². The number of hydrogen-bond donors (Lipinski definition) is 2. The van der Waals surface area contributed by atoms with Crippen LogP contribution < -0.4 is 4.72 Å². The van der Waals surface area contributed by atoms with Gasteiger partial charge in [0.05, 0.1) is 9.90 Å². The second-order valence-corrected chi connectivity index (χ2v) is 13.6. The number of halogens is 7. The predicted molar refractivity (Wildman–Crippen MR) is 146 cm³/mol. The van der Waals surface area contributed by atoms with Gasteiger partial charge in [-0.25, -0.2) is 26.6 Å². The van der Waals surface area contributed by atoms with Crippen LogP contribution in [-0.2, 0) is 15.6 Å². The minimum Gasteiger partial charge on any atom is -0.415 e. The average molecular weight is 690 g/mol. The van der Waals surface area contributed by atoms with Crippen molar-refractivity contribution in [1.29, 1.82) is 0 Å². The minimum absolute atomic E-state index is 0.0186. The Bertz CT molecular complexity index is 1660. The molecule has 0 unspecified atom stereocenters. The maximum absolute atomic E-state index is 15.5. The molecule has 3 aromatic rings. The average Bonchev–Trinajstić information content (AvgIpc) is 3.53. The molecule has 0 radical (unpaired) electrons. The SMILES string of the molecule is CC[C@H](NS(=O)(=O)c1ccc(-c2sc(-c3nnc(C(C)(C)O)o3)nc2C(=O)N2CCCC(F)(F)CC2)c(Cl)c1F)C(F)(F)F. The third-order valence-corrected chi connectivity index (χ3v) is 9.58. The van der Waals surface area contributed by atoms with Crippen molar-refractivity contribution in [3.8, 4) is 21.3 Å². The molecule has 19 heteroatoms. The van der Waals surface area contributed by atoms with Gasteiger partial charge in [-0.05, 0) is 32.8 Å². The quantitative estimate of drug-likeness (QED) is 0.285. The van der Waals surface area contributed by atoms with Gasteiger partial charge in [-0.2, -0.15) is 17.9 Å². The topological polar surface area (TPSA) is 139 Å². The number of alkyl halides is 5. The molecule has 1 amide bonds. The van der Waals surface area contributed by atoms with Crippen molar-refractivity contribution in [2.24, 2.45) is 0 Å². The minimum atomic E-state index is -5.06. The highest BCUT2D eigenvalue weighted by Crippen LogP contribution is 2.42. The van der Waals surface area contributed by atoms with Crippen LogP contribution in [0.5, 0.6) is 0 Å². The van der Waals surface area contributed by atoms with Gasteiger partial charge in [-0.15, -0.1) is 21.5 Å². The second kappa shape index (κ2) is 12.2. The van der Waals surface area contributed by atoms with Crippen LogP contribution in [0.2, 0.25) is 5.02 Å². The summed E-state index contributed by atoms with van der Waals surface area (Å²) in [5.74, 6) is -5.88. The molecule has 10 nitrogen and oxygen atoms in total. The Balaban J connectivity index is 1.81. The summed E-state index contributed by atoms with van der Waals surface area (Å²) >= 11 is 6.92. The summed E-state index contributed by atoms with van der Waals surface area (Å²) in [6.45, 7) is 3.45. The number of amides is 1. The molecule has 1 aliphatic heterocycles. The van der Waals surface area contributed by atoms with E-state index in [9.17, 15) is 40.3 Å². The number of likely N-dealkylation sites (tertiary alicyclic amines) is 1. The first-order valence-electron chi connectivity index (χ1n) is 13.1. The second-order valence-electron chi connectivity index (χ2n) is 10.5. The predicted octanol–water partition coefficient (Wildman–Crippen LogP) is 5.76. The monoisotopic (exact) mass is 689 g/mol. The zero-order chi connectivity index (χ0) is 32.8. The van der Waals surface area contributed by atoms with E-state index in [0.717, 1.165) is 17.9 Å². The first-order valence-corrected chi connectivity index (χ1v) is 15.7. The largest absolute Gasteiger partial charge is 0.415 e. The van der Waals surface area contributed by atoms with E-state index in [1.807, 2.05) is 0 Å². The number of nitrogens with zero attached hydrogens (tertiary/aromatic N) is 4. The number of sulfonamides is 1. The Kier molecular flexibility index (Phi) is 9.44. The lowest BCUT2D eigenvalue weighted by Gasteiger charge is -2.21. The van der Waals surface area contributed by atoms with Crippen LogP contribution in [0.25, 0.3) is 21.3 Å². The van der Waals surface area contributed by atoms with Crippen LogP contribution in [0.1, 0.15) is 62.8 Å². The molecule has 3 heterocycles. The third-order valence-electron chi connectivity index (χ3n) is 6.65. The third kappa shape index (κ3) is 7.19. The molecule has 2 aromatic heterocycles. The van der Waals surface area contributed by atoms with Crippen molar-refractivity contribution in [2.75, 3.05) is 13.1 Å². The van der Waals surface area contributed by atoms with E-state index in [1.54, 1.807) is 0 Å². The molecule has 0 spiro atoms. The van der Waals surface area contributed by atoms with Crippen molar-refractivity contribution >= 4 is 38.9 Å². The fourth-order valence-corrected chi connectivity index (χ4v) is 7.03. The summed E-state index contributed by atoms with van der Waals surface area (Å²) in [6, 6.07) is -0.834. The molecule has 1 fully saturated rings. The molecular formula is C25H26ClF6N5O5S2. The van der Waals surface area contributed by atoms with Crippen molar-refractivity contribution in [3.63, 3.8) is 0 Å². The molecule has 1 aliphatic rings. The maximum Gasteiger partial charge on any atom is 0.404 e. The van der Waals surface area contributed by atoms with Gasteiger partial charge < -0.3 is 14.4 Å². The smallest absolute Gasteiger partial charge is 0.404 e. The number of rotatable bonds is 8. The molecule has 44 heavy (non-hydrogen) atoms. The van der Waals surface area contributed by atoms with Gasteiger partial charge in [-0.1, -0.05) is 24.6 Å². The zero-order valence-electron chi connectivity index (χ0n) is 23.3. The van der Waals surface area contributed by atoms with E-state index in [-0.39, 0.29) is 52.4 Å². The number of hydrogen-bond acceptors (Lipinski definition) is 9. The van der Waals surface area contributed by atoms with E-state index in [4.69, 9.17) is 16.0 Å². The fourth-order valence-electron chi connectivity index (χ4n) is 4.26. The summed E-state index contributed by atoms with van der Waals surface area (Å²) in [6.07, 6.45) is -6.70. The van der Waals surface area contributed by atoms with E-state index in [2.05, 4.69) is 15.2 Å². The van der Waals surface area contributed by atoms with Crippen LogP contribution in [0.4, 0.5) is 26.3 Å². The van der Waals surface area contributed by atoms with Crippen molar-refractivity contribution in [1.82, 2.24) is 24.8 Å². The van der Waals surface area contributed by atoms with E-state index < -0.39 is 74.7 Å². The van der Waals surface area contributed by atoms with Gasteiger partial charge in [0.15, 0.2) is 10.8 Å². The van der Waals surface area contributed by atoms with Gasteiger partial charge in [0.2, 0.25) is 21.8 Å². The van der Waals surface area contributed by atoms with Crippen molar-refractivity contribution in [2.45, 2.75) is 75.1 Å². The molecule has 4 rings (SSSR count). The lowest BCUT2D eigenvalue weighted by Crippen LogP contribution is -2.45. The van der Waals surface area contributed by atoms with Gasteiger partial charge >= 0.3 is 6.18 Å². The van der Waals surface area contributed by atoms with Crippen LogP contribution in [-0.4, -0.2) is 70.7 Å². The summed E-state index contributed by atoms with van der Waals surface area (Å²) in [4.78, 5) is 17.7. The Hall–Kier alpha value is -2.80. The molecule has 1 saturated heterocycles. The van der Waals surface area contributed by atoms with E-state index in [1.165, 1.54) is 18.6 Å². The Morgan fingerprint density at radius 2 is 1.91 bits per heavy atom. The molecule has 2 N–H and O–H groups in total. The van der Waals surface area contributed by atoms with Gasteiger partial charge in [0, 0.05) is 31.5 Å². The lowest BCUT2D eigenvalue weighted by molar-refractivity contribution is -0.151. The summed E-state index contributed by atoms with van der Waals surface area (Å²) in [7, 11) is -5.06. The normalized spacial score (nSPS) is 17.0. The molecule has 1 aromatic carbocycles. The van der Waals surface area contributed by atoms with Crippen LogP contribution >= 0.6 is 22.9 Å². The lowest BCUT2D eigenvalue weighted by atomic mass is 10.1. The highest BCUT2D eigenvalue weighted by Gasteiger charge is 2.42. The molecule has 0 bridgehead atoms. The van der Waals surface area contributed by atoms with Crippen molar-refractivity contribution < 1.29 is 49.1 Å². The molecular weight excluding hydrogens is 664 g/mol. The van der Waals surface area contributed by atoms with E-state index >= 15 is 4.39 Å². The number of carbonyl (C=O) groups is 1. The van der Waals surface area contributed by atoms with E-state index in [0.29, 0.717) is 17.4 Å².